The molecule has 4 heteroatoms. The minimum Gasteiger partial charge on any atom is -0.372 e. The molecule has 0 radical (unpaired) electrons. The van der Waals surface area contributed by atoms with Crippen molar-refractivity contribution in [1.82, 2.24) is 4.98 Å². The molecule has 0 aliphatic rings. The number of rotatable bonds is 5. The van der Waals surface area contributed by atoms with Gasteiger partial charge in [-0.05, 0) is 12.1 Å². The van der Waals surface area contributed by atoms with E-state index >= 15 is 0 Å². The molecule has 0 spiro atoms. The van der Waals surface area contributed by atoms with Crippen LogP contribution in [0, 0.1) is 0 Å². The fourth-order valence-corrected chi connectivity index (χ4v) is 1.66. The minimum absolute atomic E-state index is 0.0485. The molecule has 0 amide bonds. The number of aromatic nitrogens is 1. The molecule has 2 N–H and O–H groups in total. The van der Waals surface area contributed by atoms with Crippen LogP contribution in [0.3, 0.4) is 0 Å². The van der Waals surface area contributed by atoms with Gasteiger partial charge in [-0.3, -0.25) is 9.78 Å². The van der Waals surface area contributed by atoms with Gasteiger partial charge in [-0.15, -0.1) is 0 Å². The number of benzene rings is 1. The number of para-hydroxylation sites is 1. The van der Waals surface area contributed by atoms with E-state index in [1.54, 1.807) is 12.3 Å². The minimum atomic E-state index is -0.0669. The van der Waals surface area contributed by atoms with Crippen LogP contribution < -0.4 is 5.73 Å². The van der Waals surface area contributed by atoms with E-state index in [0.717, 1.165) is 10.9 Å². The van der Waals surface area contributed by atoms with Crippen LogP contribution in [0.5, 0.6) is 0 Å². The van der Waals surface area contributed by atoms with Gasteiger partial charge in [0.15, 0.2) is 5.78 Å². The van der Waals surface area contributed by atoms with E-state index in [1.807, 2.05) is 24.3 Å². The monoisotopic (exact) mass is 230 g/mol. The maximum absolute atomic E-state index is 11.9. The van der Waals surface area contributed by atoms with Gasteiger partial charge < -0.3 is 10.5 Å². The highest BCUT2D eigenvalue weighted by atomic mass is 16.5. The van der Waals surface area contributed by atoms with Gasteiger partial charge in [0.05, 0.1) is 12.1 Å². The number of carbonyl (C=O) groups excluding carboxylic acids is 1. The second-order valence-corrected chi connectivity index (χ2v) is 3.65. The van der Waals surface area contributed by atoms with Crippen LogP contribution >= 0.6 is 0 Å². The predicted octanol–water partition coefficient (Wildman–Crippen LogP) is 1.39. The summed E-state index contributed by atoms with van der Waals surface area (Å²) < 4.78 is 5.15. The van der Waals surface area contributed by atoms with E-state index in [4.69, 9.17) is 10.5 Å². The Bertz CT molecular complexity index is 520. The first-order chi connectivity index (χ1) is 8.33. The Morgan fingerprint density at radius 3 is 2.94 bits per heavy atom. The van der Waals surface area contributed by atoms with E-state index in [0.29, 0.717) is 18.7 Å². The highest BCUT2D eigenvalue weighted by Gasteiger charge is 2.10. The lowest BCUT2D eigenvalue weighted by Gasteiger charge is -2.05. The van der Waals surface area contributed by atoms with Gasteiger partial charge in [0.25, 0.3) is 0 Å². The fraction of sp³-hybridized carbons (Fsp3) is 0.231. The molecule has 2 rings (SSSR count). The highest BCUT2D eigenvalue weighted by molar-refractivity contribution is 6.07. The Morgan fingerprint density at radius 2 is 2.12 bits per heavy atom. The third-order valence-electron chi connectivity index (χ3n) is 2.43. The first kappa shape index (κ1) is 11.7. The van der Waals surface area contributed by atoms with Crippen LogP contribution in [0.2, 0.25) is 0 Å². The summed E-state index contributed by atoms with van der Waals surface area (Å²) in [6.07, 6.45) is 1.68. The summed E-state index contributed by atoms with van der Waals surface area (Å²) in [6, 6.07) is 9.32. The summed E-state index contributed by atoms with van der Waals surface area (Å²) in [5.41, 5.74) is 6.61. The van der Waals surface area contributed by atoms with E-state index in [9.17, 15) is 4.79 Å². The van der Waals surface area contributed by atoms with Crippen molar-refractivity contribution in [3.8, 4) is 0 Å². The molecule has 0 bridgehead atoms. The smallest absolute Gasteiger partial charge is 0.190 e. The number of pyridine rings is 1. The van der Waals surface area contributed by atoms with Crippen molar-refractivity contribution < 1.29 is 9.53 Å². The van der Waals surface area contributed by atoms with Gasteiger partial charge in [0, 0.05) is 23.7 Å². The number of Topliss-reactive ketones (excluding diaryl/α,β-unsaturated/α-hetero) is 1. The second-order valence-electron chi connectivity index (χ2n) is 3.65. The van der Waals surface area contributed by atoms with E-state index in [2.05, 4.69) is 4.98 Å². The topological polar surface area (TPSA) is 65.2 Å². The molecule has 0 aliphatic heterocycles. The quantitative estimate of drug-likeness (QED) is 0.622. The van der Waals surface area contributed by atoms with Crippen molar-refractivity contribution in [3.63, 3.8) is 0 Å². The molecule has 0 aliphatic carbocycles. The van der Waals surface area contributed by atoms with Gasteiger partial charge in [-0.2, -0.15) is 0 Å². The van der Waals surface area contributed by atoms with E-state index < -0.39 is 0 Å². The maximum Gasteiger partial charge on any atom is 0.190 e. The molecule has 0 saturated heterocycles. The normalized spacial score (nSPS) is 10.6. The zero-order chi connectivity index (χ0) is 12.1. The number of ketones is 1. The number of carbonyl (C=O) groups is 1. The molecule has 0 saturated carbocycles. The van der Waals surface area contributed by atoms with Crippen molar-refractivity contribution in [2.45, 2.75) is 0 Å². The molecule has 88 valence electrons. The van der Waals surface area contributed by atoms with Gasteiger partial charge in [0.2, 0.25) is 0 Å². The third-order valence-corrected chi connectivity index (χ3v) is 2.43. The zero-order valence-electron chi connectivity index (χ0n) is 9.43. The second kappa shape index (κ2) is 5.52. The lowest BCUT2D eigenvalue weighted by atomic mass is 10.1. The molecule has 1 heterocycles. The molecule has 0 fully saturated rings. The average Bonchev–Trinajstić information content (AvgIpc) is 2.38. The van der Waals surface area contributed by atoms with Crippen LogP contribution in [0.4, 0.5) is 0 Å². The third kappa shape index (κ3) is 2.67. The van der Waals surface area contributed by atoms with Crippen LogP contribution in [0.1, 0.15) is 10.4 Å². The van der Waals surface area contributed by atoms with Crippen LogP contribution in [-0.4, -0.2) is 30.5 Å². The largest absolute Gasteiger partial charge is 0.372 e. The van der Waals surface area contributed by atoms with Crippen molar-refractivity contribution in [2.24, 2.45) is 5.73 Å². The molecule has 0 unspecified atom stereocenters. The molecular weight excluding hydrogens is 216 g/mol. The molecule has 1 aromatic heterocycles. The van der Waals surface area contributed by atoms with Crippen LogP contribution in [-0.2, 0) is 4.74 Å². The summed E-state index contributed by atoms with van der Waals surface area (Å²) in [5, 5.41) is 0.956. The van der Waals surface area contributed by atoms with Gasteiger partial charge in [0.1, 0.15) is 6.61 Å². The van der Waals surface area contributed by atoms with Gasteiger partial charge in [-0.1, -0.05) is 18.2 Å². The first-order valence-corrected chi connectivity index (χ1v) is 5.47. The Hall–Kier alpha value is -1.78. The molecule has 17 heavy (non-hydrogen) atoms. The SMILES string of the molecule is NCCOCC(=O)c1cccc2cccnc12. The van der Waals surface area contributed by atoms with Crippen molar-refractivity contribution in [1.29, 1.82) is 0 Å². The van der Waals surface area contributed by atoms with Crippen molar-refractivity contribution in [3.05, 3.63) is 42.1 Å². The van der Waals surface area contributed by atoms with Crippen molar-refractivity contribution >= 4 is 16.7 Å². The van der Waals surface area contributed by atoms with Crippen molar-refractivity contribution in [2.75, 3.05) is 19.8 Å². The number of hydrogen-bond acceptors (Lipinski definition) is 4. The number of nitrogens with two attached hydrogens (primary N) is 1. The molecule has 4 nitrogen and oxygen atoms in total. The summed E-state index contributed by atoms with van der Waals surface area (Å²) in [6.45, 7) is 0.859. The summed E-state index contributed by atoms with van der Waals surface area (Å²) in [5.74, 6) is -0.0669. The number of hydrogen-bond donors (Lipinski definition) is 1. The summed E-state index contributed by atoms with van der Waals surface area (Å²) in [4.78, 5) is 16.2. The maximum atomic E-state index is 11.9. The average molecular weight is 230 g/mol. The predicted molar refractivity (Wildman–Crippen MR) is 65.9 cm³/mol. The Morgan fingerprint density at radius 1 is 1.29 bits per heavy atom. The van der Waals surface area contributed by atoms with Gasteiger partial charge >= 0.3 is 0 Å². The standard InChI is InChI=1S/C13H14N2O2/c14-6-8-17-9-12(16)11-5-1-3-10-4-2-7-15-13(10)11/h1-5,7H,6,8-9,14H2. The van der Waals surface area contributed by atoms with Gasteiger partial charge in [-0.25, -0.2) is 0 Å². The molecular formula is C13H14N2O2. The fourth-order valence-electron chi connectivity index (χ4n) is 1.66. The van der Waals surface area contributed by atoms with E-state index in [-0.39, 0.29) is 12.4 Å². The summed E-state index contributed by atoms with van der Waals surface area (Å²) >= 11 is 0. The number of ether oxygens (including phenoxy) is 1. The Balaban J connectivity index is 2.26. The number of fused-ring (bicyclic) bond motifs is 1. The number of nitrogens with zero attached hydrogens (tertiary/aromatic N) is 1. The Kier molecular flexibility index (Phi) is 3.80. The lowest BCUT2D eigenvalue weighted by molar-refractivity contribution is 0.0775. The Labute approximate surface area is 99.4 Å². The molecule has 0 atom stereocenters. The van der Waals surface area contributed by atoms with Crippen LogP contribution in [0.15, 0.2) is 36.5 Å². The molecule has 2 aromatic rings. The zero-order valence-corrected chi connectivity index (χ0v) is 9.43. The molecule has 1 aromatic carbocycles. The van der Waals surface area contributed by atoms with Crippen LogP contribution in [0.25, 0.3) is 10.9 Å². The summed E-state index contributed by atoms with van der Waals surface area (Å²) in [7, 11) is 0. The first-order valence-electron chi connectivity index (χ1n) is 5.47. The highest BCUT2D eigenvalue weighted by Crippen LogP contribution is 2.16. The lowest BCUT2D eigenvalue weighted by Crippen LogP contribution is -2.15. The van der Waals surface area contributed by atoms with E-state index in [1.165, 1.54) is 0 Å².